The fourth-order valence-electron chi connectivity index (χ4n) is 2.83. The second-order valence-electron chi connectivity index (χ2n) is 5.95. The predicted octanol–water partition coefficient (Wildman–Crippen LogP) is 2.35. The van der Waals surface area contributed by atoms with Crippen molar-refractivity contribution < 1.29 is 15.0 Å². The second-order valence-corrected chi connectivity index (χ2v) is 5.95. The first-order chi connectivity index (χ1) is 11.6. The van der Waals surface area contributed by atoms with E-state index in [0.717, 1.165) is 43.0 Å². The van der Waals surface area contributed by atoms with E-state index < -0.39 is 5.97 Å². The zero-order valence-electron chi connectivity index (χ0n) is 13.4. The Morgan fingerprint density at radius 3 is 2.58 bits per heavy atom. The highest BCUT2D eigenvalue weighted by Crippen LogP contribution is 2.26. The molecule has 126 valence electrons. The molecule has 3 N–H and O–H groups in total. The minimum absolute atomic E-state index is 0.214. The van der Waals surface area contributed by atoms with Gasteiger partial charge in [-0.2, -0.15) is 0 Å². The third kappa shape index (κ3) is 3.83. The highest BCUT2D eigenvalue weighted by Gasteiger charge is 2.20. The Hall–Kier alpha value is -2.60. The quantitative estimate of drug-likeness (QED) is 0.781. The number of benzene rings is 1. The minimum atomic E-state index is -0.920. The van der Waals surface area contributed by atoms with Crippen molar-refractivity contribution in [2.24, 2.45) is 0 Å². The van der Waals surface area contributed by atoms with Crippen molar-refractivity contribution in [2.45, 2.75) is 25.5 Å². The lowest BCUT2D eigenvalue weighted by molar-refractivity contribution is 0.0697. The van der Waals surface area contributed by atoms with Crippen LogP contribution in [-0.2, 0) is 6.54 Å². The van der Waals surface area contributed by atoms with Crippen LogP contribution < -0.4 is 10.2 Å². The van der Waals surface area contributed by atoms with Crippen LogP contribution in [0.1, 0.15) is 28.8 Å². The number of carboxylic acid groups (broad SMARTS) is 1. The Kier molecular flexibility index (Phi) is 4.96. The third-order valence-electron chi connectivity index (χ3n) is 4.23. The number of hydrogen-bond donors (Lipinski definition) is 3. The first-order valence-corrected chi connectivity index (χ1v) is 8.07. The fraction of sp³-hybridized carbons (Fsp3) is 0.333. The molecule has 24 heavy (non-hydrogen) atoms. The molecule has 1 aliphatic heterocycles. The molecule has 0 saturated carbocycles. The van der Waals surface area contributed by atoms with E-state index in [0.29, 0.717) is 6.54 Å². The van der Waals surface area contributed by atoms with Crippen molar-refractivity contribution in [3.63, 3.8) is 0 Å². The van der Waals surface area contributed by atoms with Gasteiger partial charge >= 0.3 is 5.97 Å². The molecule has 0 spiro atoms. The van der Waals surface area contributed by atoms with E-state index in [1.54, 1.807) is 18.3 Å². The normalized spacial score (nSPS) is 15.3. The number of carbonyl (C=O) groups is 1. The summed E-state index contributed by atoms with van der Waals surface area (Å²) in [4.78, 5) is 17.6. The summed E-state index contributed by atoms with van der Waals surface area (Å²) in [6, 6.07) is 10.7. The first kappa shape index (κ1) is 16.3. The van der Waals surface area contributed by atoms with Gasteiger partial charge in [-0.15, -0.1) is 0 Å². The van der Waals surface area contributed by atoms with E-state index in [2.05, 4.69) is 15.2 Å². The van der Waals surface area contributed by atoms with Gasteiger partial charge < -0.3 is 20.4 Å². The monoisotopic (exact) mass is 327 g/mol. The van der Waals surface area contributed by atoms with Crippen LogP contribution in [0.15, 0.2) is 42.6 Å². The van der Waals surface area contributed by atoms with E-state index in [-0.39, 0.29) is 11.7 Å². The van der Waals surface area contributed by atoms with Crippen molar-refractivity contribution >= 4 is 17.5 Å². The molecule has 6 heteroatoms. The van der Waals surface area contributed by atoms with Crippen LogP contribution in [0.3, 0.4) is 0 Å². The lowest BCUT2D eigenvalue weighted by Crippen LogP contribution is -2.36. The van der Waals surface area contributed by atoms with Gasteiger partial charge in [0.1, 0.15) is 0 Å². The zero-order valence-corrected chi connectivity index (χ0v) is 13.4. The number of anilines is 2. The molecule has 0 amide bonds. The van der Waals surface area contributed by atoms with Crippen LogP contribution in [0.5, 0.6) is 0 Å². The van der Waals surface area contributed by atoms with Gasteiger partial charge in [0.2, 0.25) is 0 Å². The Bertz CT molecular complexity index is 695. The van der Waals surface area contributed by atoms with Crippen molar-refractivity contribution in [1.29, 1.82) is 0 Å². The van der Waals surface area contributed by atoms with Gasteiger partial charge in [-0.3, -0.25) is 0 Å². The molecule has 1 aromatic heterocycles. The zero-order chi connectivity index (χ0) is 16.9. The summed E-state index contributed by atoms with van der Waals surface area (Å²) >= 11 is 0. The summed E-state index contributed by atoms with van der Waals surface area (Å²) in [5, 5.41) is 22.0. The number of nitrogens with one attached hydrogen (secondary N) is 1. The number of aliphatic hydroxyl groups excluding tert-OH is 1. The van der Waals surface area contributed by atoms with Gasteiger partial charge in [0.05, 0.1) is 17.4 Å². The maximum absolute atomic E-state index is 10.9. The van der Waals surface area contributed by atoms with Gasteiger partial charge in [-0.25, -0.2) is 9.78 Å². The molecule has 0 unspecified atom stereocenters. The molecule has 0 aliphatic carbocycles. The smallest absolute Gasteiger partial charge is 0.335 e. The summed E-state index contributed by atoms with van der Waals surface area (Å²) in [6.45, 7) is 2.18. The molecular weight excluding hydrogens is 306 g/mol. The highest BCUT2D eigenvalue weighted by molar-refractivity contribution is 5.87. The van der Waals surface area contributed by atoms with Crippen LogP contribution >= 0.6 is 0 Å². The number of nitrogens with zero attached hydrogens (tertiary/aromatic N) is 2. The van der Waals surface area contributed by atoms with Gasteiger partial charge in [-0.1, -0.05) is 12.1 Å². The molecule has 1 saturated heterocycles. The van der Waals surface area contributed by atoms with Crippen LogP contribution in [0.25, 0.3) is 0 Å². The number of carboxylic acids is 1. The molecule has 3 rings (SSSR count). The molecule has 2 heterocycles. The lowest BCUT2D eigenvalue weighted by Gasteiger charge is -2.31. The highest BCUT2D eigenvalue weighted by atomic mass is 16.4. The van der Waals surface area contributed by atoms with E-state index in [4.69, 9.17) is 5.11 Å². The average Bonchev–Trinajstić information content (AvgIpc) is 2.61. The molecule has 0 radical (unpaired) electrons. The molecule has 1 aliphatic rings. The standard InChI is InChI=1S/C18H21N3O3/c22-15-7-10-21(11-8-15)17-16(2-1-9-19-17)20-12-13-3-5-14(6-4-13)18(23)24/h1-6,9,15,20,22H,7-8,10-12H2,(H,23,24). The summed E-state index contributed by atoms with van der Waals surface area (Å²) in [7, 11) is 0. The minimum Gasteiger partial charge on any atom is -0.478 e. The number of piperidine rings is 1. The molecule has 1 aromatic carbocycles. The van der Waals surface area contributed by atoms with Gasteiger partial charge in [0.15, 0.2) is 5.82 Å². The number of pyridine rings is 1. The molecule has 2 aromatic rings. The summed E-state index contributed by atoms with van der Waals surface area (Å²) in [6.07, 6.45) is 3.07. The molecular formula is C18H21N3O3. The predicted molar refractivity (Wildman–Crippen MR) is 92.4 cm³/mol. The summed E-state index contributed by atoms with van der Waals surface area (Å²) < 4.78 is 0. The van der Waals surface area contributed by atoms with E-state index in [1.807, 2.05) is 24.3 Å². The van der Waals surface area contributed by atoms with E-state index >= 15 is 0 Å². The number of aromatic carboxylic acids is 1. The Morgan fingerprint density at radius 1 is 1.21 bits per heavy atom. The second kappa shape index (κ2) is 7.31. The van der Waals surface area contributed by atoms with Crippen molar-refractivity contribution in [2.75, 3.05) is 23.3 Å². The van der Waals surface area contributed by atoms with Gasteiger partial charge in [-0.05, 0) is 42.7 Å². The van der Waals surface area contributed by atoms with Crippen LogP contribution in [0, 0.1) is 0 Å². The van der Waals surface area contributed by atoms with E-state index in [1.165, 1.54) is 0 Å². The Labute approximate surface area is 140 Å². The fourth-order valence-corrected chi connectivity index (χ4v) is 2.83. The number of aromatic nitrogens is 1. The first-order valence-electron chi connectivity index (χ1n) is 8.07. The van der Waals surface area contributed by atoms with Crippen LogP contribution in [-0.4, -0.2) is 40.4 Å². The molecule has 0 bridgehead atoms. The number of aliphatic hydroxyl groups is 1. The molecule has 6 nitrogen and oxygen atoms in total. The van der Waals surface area contributed by atoms with Gasteiger partial charge in [0.25, 0.3) is 0 Å². The average molecular weight is 327 g/mol. The largest absolute Gasteiger partial charge is 0.478 e. The van der Waals surface area contributed by atoms with Crippen molar-refractivity contribution in [3.05, 3.63) is 53.7 Å². The van der Waals surface area contributed by atoms with Crippen molar-refractivity contribution in [1.82, 2.24) is 4.98 Å². The summed E-state index contributed by atoms with van der Waals surface area (Å²) in [5.74, 6) is -0.0251. The molecule has 0 atom stereocenters. The number of hydrogen-bond acceptors (Lipinski definition) is 5. The van der Waals surface area contributed by atoms with Crippen LogP contribution in [0.4, 0.5) is 11.5 Å². The van der Waals surface area contributed by atoms with Crippen molar-refractivity contribution in [3.8, 4) is 0 Å². The number of rotatable bonds is 5. The Balaban J connectivity index is 1.68. The Morgan fingerprint density at radius 2 is 1.92 bits per heavy atom. The third-order valence-corrected chi connectivity index (χ3v) is 4.23. The van der Waals surface area contributed by atoms with Crippen LogP contribution in [0.2, 0.25) is 0 Å². The summed E-state index contributed by atoms with van der Waals surface area (Å²) in [5.41, 5.74) is 2.23. The molecule has 1 fully saturated rings. The maximum Gasteiger partial charge on any atom is 0.335 e. The SMILES string of the molecule is O=C(O)c1ccc(CNc2cccnc2N2CCC(O)CC2)cc1. The maximum atomic E-state index is 10.9. The lowest BCUT2D eigenvalue weighted by atomic mass is 10.1. The topological polar surface area (TPSA) is 85.7 Å². The van der Waals surface area contributed by atoms with E-state index in [9.17, 15) is 9.90 Å². The van der Waals surface area contributed by atoms with Gasteiger partial charge in [0, 0.05) is 25.8 Å².